The van der Waals surface area contributed by atoms with Crippen molar-refractivity contribution in [2.75, 3.05) is 26.2 Å². The van der Waals surface area contributed by atoms with Gasteiger partial charge in [0.25, 0.3) is 5.91 Å². The Morgan fingerprint density at radius 1 is 1.23 bits per heavy atom. The van der Waals surface area contributed by atoms with E-state index >= 15 is 0 Å². The molecule has 0 unspecified atom stereocenters. The number of hydrogen-bond donors (Lipinski definition) is 2. The number of nitrogens with one attached hydrogen (secondary N) is 1. The van der Waals surface area contributed by atoms with Gasteiger partial charge in [0, 0.05) is 37.8 Å². The highest BCUT2D eigenvalue weighted by atomic mass is 35.5. The summed E-state index contributed by atoms with van der Waals surface area (Å²) in [6.45, 7) is 3.13. The number of carbonyl (C=O) groups is 1. The second-order valence-corrected chi connectivity index (χ2v) is 7.74. The van der Waals surface area contributed by atoms with E-state index in [0.717, 1.165) is 51.7 Å². The molecule has 26 heavy (non-hydrogen) atoms. The predicted molar refractivity (Wildman–Crippen MR) is 103 cm³/mol. The van der Waals surface area contributed by atoms with Crippen LogP contribution in [-0.4, -0.2) is 54.3 Å². The number of hydrogen-bond acceptors (Lipinski definition) is 4. The van der Waals surface area contributed by atoms with E-state index in [-0.39, 0.29) is 18.6 Å². The van der Waals surface area contributed by atoms with Gasteiger partial charge in [0.15, 0.2) is 0 Å². The van der Waals surface area contributed by atoms with Crippen molar-refractivity contribution in [2.24, 2.45) is 0 Å². The minimum Gasteiger partial charge on any atom is -0.489 e. The highest BCUT2D eigenvalue weighted by molar-refractivity contribution is 6.32. The first-order valence-corrected chi connectivity index (χ1v) is 10.1. The lowest BCUT2D eigenvalue weighted by molar-refractivity contribution is 0.0936. The van der Waals surface area contributed by atoms with Gasteiger partial charge in [0.2, 0.25) is 0 Å². The Bertz CT molecular complexity index is 597. The van der Waals surface area contributed by atoms with Gasteiger partial charge in [0.1, 0.15) is 11.9 Å². The van der Waals surface area contributed by atoms with Crippen LogP contribution in [0.15, 0.2) is 18.2 Å². The molecule has 2 fully saturated rings. The van der Waals surface area contributed by atoms with Crippen molar-refractivity contribution in [2.45, 2.75) is 57.1 Å². The number of nitrogens with zero attached hydrogens (tertiary/aromatic N) is 1. The molecule has 1 saturated heterocycles. The normalized spacial score (nSPS) is 19.6. The van der Waals surface area contributed by atoms with Crippen molar-refractivity contribution in [3.63, 3.8) is 0 Å². The Morgan fingerprint density at radius 2 is 1.96 bits per heavy atom. The number of aliphatic hydroxyl groups is 1. The number of ether oxygens (including phenoxy) is 1. The molecule has 1 amide bonds. The number of likely N-dealkylation sites (tertiary alicyclic amines) is 1. The fourth-order valence-corrected chi connectivity index (χ4v) is 4.03. The Balaban J connectivity index is 1.50. The molecule has 1 aliphatic carbocycles. The number of piperidine rings is 1. The standard InChI is InChI=1S/C20H29ClN2O3/c21-18-14-15(20(25)22-16-4-1-2-5-16)6-7-19(18)26-17-8-11-23(12-9-17)10-3-13-24/h6-7,14,16-17,24H,1-5,8-13H2,(H,22,25). The molecule has 0 radical (unpaired) electrons. The average molecular weight is 381 g/mol. The Kier molecular flexibility index (Phi) is 7.17. The lowest BCUT2D eigenvalue weighted by Crippen LogP contribution is -2.39. The first-order valence-electron chi connectivity index (χ1n) is 9.76. The van der Waals surface area contributed by atoms with E-state index in [4.69, 9.17) is 21.4 Å². The summed E-state index contributed by atoms with van der Waals surface area (Å²) in [6.07, 6.45) is 7.39. The Hall–Kier alpha value is -1.30. The van der Waals surface area contributed by atoms with E-state index in [1.807, 2.05) is 6.07 Å². The molecular weight excluding hydrogens is 352 g/mol. The molecule has 2 N–H and O–H groups in total. The van der Waals surface area contributed by atoms with Gasteiger partial charge in [-0.25, -0.2) is 0 Å². The molecule has 0 spiro atoms. The topological polar surface area (TPSA) is 61.8 Å². The number of amides is 1. The van der Waals surface area contributed by atoms with Crippen molar-refractivity contribution in [3.8, 4) is 5.75 Å². The summed E-state index contributed by atoms with van der Waals surface area (Å²) in [5.74, 6) is 0.598. The molecule has 1 saturated carbocycles. The third-order valence-electron chi connectivity index (χ3n) is 5.35. The van der Waals surface area contributed by atoms with Crippen LogP contribution in [0.4, 0.5) is 0 Å². The first kappa shape index (κ1) is 19.5. The number of rotatable bonds is 7. The Morgan fingerprint density at radius 3 is 2.62 bits per heavy atom. The van der Waals surface area contributed by atoms with E-state index in [1.54, 1.807) is 12.1 Å². The van der Waals surface area contributed by atoms with Crippen LogP contribution >= 0.6 is 11.6 Å². The zero-order valence-corrected chi connectivity index (χ0v) is 16.0. The van der Waals surface area contributed by atoms with Crippen LogP contribution in [0.5, 0.6) is 5.75 Å². The molecular formula is C20H29ClN2O3. The van der Waals surface area contributed by atoms with Crippen molar-refractivity contribution in [3.05, 3.63) is 28.8 Å². The van der Waals surface area contributed by atoms with Crippen LogP contribution in [-0.2, 0) is 0 Å². The molecule has 144 valence electrons. The summed E-state index contributed by atoms with van der Waals surface area (Å²) in [5.41, 5.74) is 0.591. The van der Waals surface area contributed by atoms with Crippen molar-refractivity contribution < 1.29 is 14.6 Å². The maximum absolute atomic E-state index is 12.3. The summed E-state index contributed by atoms with van der Waals surface area (Å²) in [4.78, 5) is 14.7. The summed E-state index contributed by atoms with van der Waals surface area (Å²) >= 11 is 6.36. The van der Waals surface area contributed by atoms with E-state index in [9.17, 15) is 4.79 Å². The molecule has 0 aromatic heterocycles. The third-order valence-corrected chi connectivity index (χ3v) is 5.64. The SMILES string of the molecule is O=C(NC1CCCC1)c1ccc(OC2CCN(CCCO)CC2)c(Cl)c1. The Labute approximate surface area is 160 Å². The van der Waals surface area contributed by atoms with Gasteiger partial charge < -0.3 is 20.1 Å². The van der Waals surface area contributed by atoms with Gasteiger partial charge in [-0.05, 0) is 50.3 Å². The molecule has 1 heterocycles. The van der Waals surface area contributed by atoms with Gasteiger partial charge in [0.05, 0.1) is 5.02 Å². The highest BCUT2D eigenvalue weighted by Gasteiger charge is 2.22. The van der Waals surface area contributed by atoms with Gasteiger partial charge in [-0.1, -0.05) is 24.4 Å². The molecule has 5 nitrogen and oxygen atoms in total. The van der Waals surface area contributed by atoms with Gasteiger partial charge >= 0.3 is 0 Å². The second kappa shape index (κ2) is 9.58. The van der Waals surface area contributed by atoms with Crippen molar-refractivity contribution >= 4 is 17.5 Å². The molecule has 1 aliphatic heterocycles. The molecule has 3 rings (SSSR count). The third kappa shape index (κ3) is 5.35. The molecule has 0 bridgehead atoms. The van der Waals surface area contributed by atoms with Gasteiger partial charge in [-0.15, -0.1) is 0 Å². The fraction of sp³-hybridized carbons (Fsp3) is 0.650. The molecule has 6 heteroatoms. The van der Waals surface area contributed by atoms with Crippen LogP contribution in [0.2, 0.25) is 5.02 Å². The lowest BCUT2D eigenvalue weighted by atomic mass is 10.1. The van der Waals surface area contributed by atoms with Crippen LogP contribution in [0, 0.1) is 0 Å². The number of benzene rings is 1. The van der Waals surface area contributed by atoms with E-state index in [1.165, 1.54) is 12.8 Å². The summed E-state index contributed by atoms with van der Waals surface area (Å²) in [6, 6.07) is 5.61. The van der Waals surface area contributed by atoms with Crippen molar-refractivity contribution in [1.82, 2.24) is 10.2 Å². The summed E-state index contributed by atoms with van der Waals surface area (Å²) in [5, 5.41) is 12.5. The predicted octanol–water partition coefficient (Wildman–Crippen LogP) is 3.24. The molecule has 1 aromatic carbocycles. The van der Waals surface area contributed by atoms with E-state index < -0.39 is 0 Å². The maximum Gasteiger partial charge on any atom is 0.251 e. The molecule has 2 aliphatic rings. The summed E-state index contributed by atoms with van der Waals surface area (Å²) in [7, 11) is 0. The maximum atomic E-state index is 12.3. The van der Waals surface area contributed by atoms with Gasteiger partial charge in [-0.3, -0.25) is 4.79 Å². The average Bonchev–Trinajstić information content (AvgIpc) is 3.15. The quantitative estimate of drug-likeness (QED) is 0.762. The van der Waals surface area contributed by atoms with Crippen LogP contribution in [0.1, 0.15) is 55.3 Å². The minimum atomic E-state index is -0.0532. The molecule has 0 atom stereocenters. The monoisotopic (exact) mass is 380 g/mol. The first-order chi connectivity index (χ1) is 12.7. The zero-order chi connectivity index (χ0) is 18.4. The smallest absolute Gasteiger partial charge is 0.251 e. The number of halogens is 1. The fourth-order valence-electron chi connectivity index (χ4n) is 3.80. The molecule has 1 aromatic rings. The zero-order valence-electron chi connectivity index (χ0n) is 15.3. The largest absolute Gasteiger partial charge is 0.489 e. The van der Waals surface area contributed by atoms with Crippen molar-refractivity contribution in [1.29, 1.82) is 0 Å². The van der Waals surface area contributed by atoms with Crippen LogP contribution in [0.3, 0.4) is 0 Å². The van der Waals surface area contributed by atoms with Gasteiger partial charge in [-0.2, -0.15) is 0 Å². The minimum absolute atomic E-state index is 0.0532. The van der Waals surface area contributed by atoms with Crippen LogP contribution < -0.4 is 10.1 Å². The second-order valence-electron chi connectivity index (χ2n) is 7.34. The summed E-state index contributed by atoms with van der Waals surface area (Å²) < 4.78 is 6.07. The van der Waals surface area contributed by atoms with E-state index in [0.29, 0.717) is 22.4 Å². The van der Waals surface area contributed by atoms with Crippen LogP contribution in [0.25, 0.3) is 0 Å². The van der Waals surface area contributed by atoms with E-state index in [2.05, 4.69) is 10.2 Å². The number of carbonyl (C=O) groups excluding carboxylic acids is 1. The highest BCUT2D eigenvalue weighted by Crippen LogP contribution is 2.29. The number of aliphatic hydroxyl groups excluding tert-OH is 1. The lowest BCUT2D eigenvalue weighted by Gasteiger charge is -2.32.